The molecule has 1 heterocycles. The SMILES string of the molecule is COc1ccc(Oc2cc(=O)c3c(OC)c(OC)c(OC(C)C)cc3o2)cc1. The van der Waals surface area contributed by atoms with Crippen molar-refractivity contribution >= 4 is 11.0 Å². The van der Waals surface area contributed by atoms with Crippen LogP contribution in [0, 0.1) is 0 Å². The number of ether oxygens (including phenoxy) is 5. The van der Waals surface area contributed by atoms with Crippen LogP contribution in [0.3, 0.4) is 0 Å². The summed E-state index contributed by atoms with van der Waals surface area (Å²) in [7, 11) is 4.52. The zero-order chi connectivity index (χ0) is 20.3. The summed E-state index contributed by atoms with van der Waals surface area (Å²) in [6.45, 7) is 3.77. The minimum Gasteiger partial charge on any atom is -0.497 e. The largest absolute Gasteiger partial charge is 0.497 e. The maximum absolute atomic E-state index is 12.7. The van der Waals surface area contributed by atoms with E-state index in [1.54, 1.807) is 37.4 Å². The second-order valence-corrected chi connectivity index (χ2v) is 6.19. The van der Waals surface area contributed by atoms with Crippen LogP contribution in [0.25, 0.3) is 11.0 Å². The van der Waals surface area contributed by atoms with Crippen LogP contribution in [0.5, 0.6) is 34.7 Å². The van der Waals surface area contributed by atoms with Crippen molar-refractivity contribution in [3.05, 3.63) is 46.6 Å². The van der Waals surface area contributed by atoms with Crippen molar-refractivity contribution in [1.29, 1.82) is 0 Å². The predicted octanol–water partition coefficient (Wildman–Crippen LogP) is 4.40. The molecule has 0 fully saturated rings. The molecule has 0 bridgehead atoms. The fraction of sp³-hybridized carbons (Fsp3) is 0.286. The molecule has 3 rings (SSSR count). The first-order valence-electron chi connectivity index (χ1n) is 8.68. The van der Waals surface area contributed by atoms with E-state index in [1.807, 2.05) is 13.8 Å². The molecular formula is C21H22O7. The Balaban J connectivity index is 2.11. The average Bonchev–Trinajstić information content (AvgIpc) is 2.67. The molecule has 0 saturated heterocycles. The van der Waals surface area contributed by atoms with Gasteiger partial charge in [0.2, 0.25) is 11.2 Å². The lowest BCUT2D eigenvalue weighted by Gasteiger charge is -2.17. The molecule has 0 N–H and O–H groups in total. The standard InChI is InChI=1S/C21H22O7/c1-12(2)26-17-11-16-19(21(25-5)20(17)24-4)15(22)10-18(28-16)27-14-8-6-13(23-3)7-9-14/h6-12H,1-5H3. The molecule has 0 aliphatic heterocycles. The monoisotopic (exact) mass is 386 g/mol. The fourth-order valence-electron chi connectivity index (χ4n) is 2.76. The molecular weight excluding hydrogens is 364 g/mol. The van der Waals surface area contributed by atoms with Gasteiger partial charge in [0, 0.05) is 6.07 Å². The first-order valence-corrected chi connectivity index (χ1v) is 8.68. The second kappa shape index (κ2) is 8.12. The van der Waals surface area contributed by atoms with E-state index in [0.717, 1.165) is 0 Å². The molecule has 0 radical (unpaired) electrons. The van der Waals surface area contributed by atoms with Gasteiger partial charge in [-0.15, -0.1) is 0 Å². The Labute approximate surface area is 162 Å². The number of fused-ring (bicyclic) bond motifs is 1. The van der Waals surface area contributed by atoms with Crippen LogP contribution in [-0.4, -0.2) is 27.4 Å². The Morgan fingerprint density at radius 3 is 2.07 bits per heavy atom. The van der Waals surface area contributed by atoms with E-state index in [0.29, 0.717) is 23.0 Å². The molecule has 3 aromatic rings. The van der Waals surface area contributed by atoms with Crippen LogP contribution in [0.2, 0.25) is 0 Å². The van der Waals surface area contributed by atoms with E-state index in [4.69, 9.17) is 28.1 Å². The average molecular weight is 386 g/mol. The Morgan fingerprint density at radius 2 is 1.50 bits per heavy atom. The zero-order valence-corrected chi connectivity index (χ0v) is 16.4. The third-order valence-corrected chi connectivity index (χ3v) is 3.92. The Bertz CT molecular complexity index is 1020. The highest BCUT2D eigenvalue weighted by Gasteiger charge is 2.22. The van der Waals surface area contributed by atoms with E-state index in [-0.39, 0.29) is 34.2 Å². The van der Waals surface area contributed by atoms with E-state index in [2.05, 4.69) is 0 Å². The molecule has 0 amide bonds. The third kappa shape index (κ3) is 3.83. The van der Waals surface area contributed by atoms with Gasteiger partial charge < -0.3 is 28.1 Å². The summed E-state index contributed by atoms with van der Waals surface area (Å²) < 4.78 is 33.2. The molecule has 0 aliphatic rings. The first-order chi connectivity index (χ1) is 13.5. The topological polar surface area (TPSA) is 76.4 Å². The summed E-state index contributed by atoms with van der Waals surface area (Å²) >= 11 is 0. The minimum atomic E-state index is -0.323. The molecule has 0 atom stereocenters. The van der Waals surface area contributed by atoms with Gasteiger partial charge in [-0.1, -0.05) is 0 Å². The number of methoxy groups -OCH3 is 3. The summed E-state index contributed by atoms with van der Waals surface area (Å²) in [6, 6.07) is 9.78. The Hall–Kier alpha value is -3.35. The van der Waals surface area contributed by atoms with E-state index in [1.165, 1.54) is 20.3 Å². The molecule has 1 aromatic heterocycles. The van der Waals surface area contributed by atoms with Gasteiger partial charge >= 0.3 is 0 Å². The van der Waals surface area contributed by atoms with Gasteiger partial charge in [0.05, 0.1) is 33.5 Å². The molecule has 0 saturated carbocycles. The number of benzene rings is 2. The molecule has 28 heavy (non-hydrogen) atoms. The van der Waals surface area contributed by atoms with Gasteiger partial charge in [-0.05, 0) is 38.1 Å². The van der Waals surface area contributed by atoms with Crippen molar-refractivity contribution in [2.24, 2.45) is 0 Å². The molecule has 0 aliphatic carbocycles. The molecule has 0 spiro atoms. The molecule has 7 heteroatoms. The lowest BCUT2D eigenvalue weighted by molar-refractivity contribution is 0.226. The molecule has 7 nitrogen and oxygen atoms in total. The first kappa shape index (κ1) is 19.4. The highest BCUT2D eigenvalue weighted by molar-refractivity contribution is 5.89. The van der Waals surface area contributed by atoms with Gasteiger partial charge in [0.25, 0.3) is 5.95 Å². The molecule has 0 unspecified atom stereocenters. The van der Waals surface area contributed by atoms with Gasteiger partial charge in [0.1, 0.15) is 22.5 Å². The highest BCUT2D eigenvalue weighted by Crippen LogP contribution is 2.43. The van der Waals surface area contributed by atoms with E-state index >= 15 is 0 Å². The van der Waals surface area contributed by atoms with Crippen LogP contribution in [0.15, 0.2) is 45.6 Å². The second-order valence-electron chi connectivity index (χ2n) is 6.19. The van der Waals surface area contributed by atoms with E-state index < -0.39 is 0 Å². The van der Waals surface area contributed by atoms with Crippen molar-refractivity contribution in [2.75, 3.05) is 21.3 Å². The fourth-order valence-corrected chi connectivity index (χ4v) is 2.76. The van der Waals surface area contributed by atoms with Crippen LogP contribution < -0.4 is 29.1 Å². The minimum absolute atomic E-state index is 0.0467. The van der Waals surface area contributed by atoms with Gasteiger partial charge in [-0.2, -0.15) is 0 Å². The number of rotatable bonds is 7. The maximum atomic E-state index is 12.7. The normalized spacial score (nSPS) is 10.8. The van der Waals surface area contributed by atoms with Crippen molar-refractivity contribution in [1.82, 2.24) is 0 Å². The summed E-state index contributed by atoms with van der Waals surface area (Å²) in [4.78, 5) is 12.7. The summed E-state index contributed by atoms with van der Waals surface area (Å²) in [5.74, 6) is 2.24. The van der Waals surface area contributed by atoms with Crippen LogP contribution in [0.4, 0.5) is 0 Å². The number of hydrogen-bond donors (Lipinski definition) is 0. The van der Waals surface area contributed by atoms with Crippen LogP contribution >= 0.6 is 0 Å². The maximum Gasteiger partial charge on any atom is 0.294 e. The lowest BCUT2D eigenvalue weighted by Crippen LogP contribution is -2.09. The predicted molar refractivity (Wildman–Crippen MR) is 104 cm³/mol. The highest BCUT2D eigenvalue weighted by atomic mass is 16.6. The van der Waals surface area contributed by atoms with Gasteiger partial charge in [-0.25, -0.2) is 0 Å². The summed E-state index contributed by atoms with van der Waals surface area (Å²) in [6.07, 6.45) is -0.110. The smallest absolute Gasteiger partial charge is 0.294 e. The van der Waals surface area contributed by atoms with Gasteiger partial charge in [0.15, 0.2) is 11.5 Å². The van der Waals surface area contributed by atoms with Crippen molar-refractivity contribution in [2.45, 2.75) is 20.0 Å². The van der Waals surface area contributed by atoms with Crippen LogP contribution in [0.1, 0.15) is 13.8 Å². The van der Waals surface area contributed by atoms with Gasteiger partial charge in [-0.3, -0.25) is 4.79 Å². The Kier molecular flexibility index (Phi) is 5.63. The summed E-state index contributed by atoms with van der Waals surface area (Å²) in [5, 5.41) is 0.248. The van der Waals surface area contributed by atoms with E-state index in [9.17, 15) is 4.79 Å². The Morgan fingerprint density at radius 1 is 0.857 bits per heavy atom. The summed E-state index contributed by atoms with van der Waals surface area (Å²) in [5.41, 5.74) is -0.0553. The number of hydrogen-bond acceptors (Lipinski definition) is 7. The lowest BCUT2D eigenvalue weighted by atomic mass is 10.1. The molecule has 2 aromatic carbocycles. The van der Waals surface area contributed by atoms with Crippen molar-refractivity contribution < 1.29 is 28.1 Å². The third-order valence-electron chi connectivity index (χ3n) is 3.92. The molecule has 148 valence electrons. The zero-order valence-electron chi connectivity index (χ0n) is 16.4. The van der Waals surface area contributed by atoms with Crippen LogP contribution in [-0.2, 0) is 0 Å². The van der Waals surface area contributed by atoms with Crippen molar-refractivity contribution in [3.63, 3.8) is 0 Å². The quantitative estimate of drug-likeness (QED) is 0.596. The van der Waals surface area contributed by atoms with Crippen molar-refractivity contribution in [3.8, 4) is 34.7 Å².